The van der Waals surface area contributed by atoms with E-state index < -0.39 is 10.0 Å². The Morgan fingerprint density at radius 2 is 1.61 bits per heavy atom. The lowest BCUT2D eigenvalue weighted by molar-refractivity contribution is -0.121. The lowest BCUT2D eigenvalue weighted by Crippen LogP contribution is -2.30. The molecule has 1 amide bonds. The van der Waals surface area contributed by atoms with Crippen LogP contribution >= 0.6 is 0 Å². The zero-order valence-corrected chi connectivity index (χ0v) is 17.7. The van der Waals surface area contributed by atoms with Gasteiger partial charge in [-0.25, -0.2) is 8.42 Å². The summed E-state index contributed by atoms with van der Waals surface area (Å²) in [6, 6.07) is 16.9. The summed E-state index contributed by atoms with van der Waals surface area (Å²) in [5.41, 5.74) is 2.15. The van der Waals surface area contributed by atoms with E-state index in [9.17, 15) is 13.2 Å². The summed E-state index contributed by atoms with van der Waals surface area (Å²) < 4.78 is 26.4. The van der Waals surface area contributed by atoms with Crippen LogP contribution in [0.3, 0.4) is 0 Å². The monoisotopic (exact) mass is 402 g/mol. The molecule has 0 spiro atoms. The topological polar surface area (TPSA) is 66.5 Å². The van der Waals surface area contributed by atoms with Crippen LogP contribution in [0.2, 0.25) is 0 Å². The lowest BCUT2D eigenvalue weighted by atomic mass is 10.0. The van der Waals surface area contributed by atoms with E-state index in [2.05, 4.69) is 24.4 Å². The number of amides is 1. The van der Waals surface area contributed by atoms with Crippen LogP contribution in [0, 0.1) is 0 Å². The van der Waals surface area contributed by atoms with Crippen molar-refractivity contribution in [1.82, 2.24) is 9.62 Å². The minimum atomic E-state index is -3.44. The van der Waals surface area contributed by atoms with Crippen molar-refractivity contribution in [2.24, 2.45) is 0 Å². The van der Waals surface area contributed by atoms with Crippen LogP contribution in [0.5, 0.6) is 0 Å². The third kappa shape index (κ3) is 5.91. The van der Waals surface area contributed by atoms with Gasteiger partial charge in [-0.1, -0.05) is 63.2 Å². The van der Waals surface area contributed by atoms with Gasteiger partial charge in [-0.3, -0.25) is 4.79 Å². The fourth-order valence-electron chi connectivity index (χ4n) is 3.05. The molecule has 0 saturated carbocycles. The van der Waals surface area contributed by atoms with Crippen molar-refractivity contribution in [2.45, 2.75) is 44.4 Å². The molecule has 5 nitrogen and oxygen atoms in total. The van der Waals surface area contributed by atoms with E-state index in [1.807, 2.05) is 32.0 Å². The Morgan fingerprint density at radius 3 is 2.18 bits per heavy atom. The maximum absolute atomic E-state index is 12.5. The number of carbonyl (C=O) groups excluding carboxylic acids is 1. The smallest absolute Gasteiger partial charge is 0.243 e. The fourth-order valence-corrected chi connectivity index (χ4v) is 4.51. The number of benzene rings is 2. The van der Waals surface area contributed by atoms with Gasteiger partial charge in [0.05, 0.1) is 4.90 Å². The molecule has 152 valence electrons. The predicted molar refractivity (Wildman–Crippen MR) is 113 cm³/mol. The molecule has 0 radical (unpaired) electrons. The second kappa shape index (κ2) is 10.4. The van der Waals surface area contributed by atoms with Gasteiger partial charge in [0.1, 0.15) is 0 Å². The number of nitrogens with one attached hydrogen (secondary N) is 1. The Labute approximate surface area is 168 Å². The van der Waals surface area contributed by atoms with Gasteiger partial charge in [-0.2, -0.15) is 4.31 Å². The van der Waals surface area contributed by atoms with E-state index in [4.69, 9.17) is 0 Å². The zero-order chi connectivity index (χ0) is 20.6. The molecule has 2 aromatic carbocycles. The highest BCUT2D eigenvalue weighted by atomic mass is 32.2. The molecule has 0 heterocycles. The Bertz CT molecular complexity index is 845. The van der Waals surface area contributed by atoms with Crippen LogP contribution in [0.1, 0.15) is 44.2 Å². The summed E-state index contributed by atoms with van der Waals surface area (Å²) >= 11 is 0. The fraction of sp³-hybridized carbons (Fsp3) is 0.409. The molecule has 2 rings (SSSR count). The second-order valence-electron chi connectivity index (χ2n) is 6.85. The van der Waals surface area contributed by atoms with E-state index >= 15 is 0 Å². The standard InChI is InChI=1S/C22H30N2O3S/c1-4-24(5-2)28(26,27)21-14-11-19(12-15-21)13-16-22(25)23-17-18(3)20-9-7-6-8-10-20/h6-12,14-15,18H,4-5,13,16-17H2,1-3H3,(H,23,25). The first-order valence-corrected chi connectivity index (χ1v) is 11.2. The summed E-state index contributed by atoms with van der Waals surface area (Å²) in [5, 5.41) is 2.98. The third-order valence-electron chi connectivity index (χ3n) is 4.88. The maximum atomic E-state index is 12.5. The maximum Gasteiger partial charge on any atom is 0.243 e. The normalized spacial score (nSPS) is 12.7. The summed E-state index contributed by atoms with van der Waals surface area (Å²) in [4.78, 5) is 12.4. The van der Waals surface area contributed by atoms with E-state index in [0.717, 1.165) is 5.56 Å². The molecule has 0 saturated heterocycles. The predicted octanol–water partition coefficient (Wildman–Crippen LogP) is 3.57. The average molecular weight is 403 g/mol. The molecule has 0 bridgehead atoms. The van der Waals surface area contributed by atoms with Crippen molar-refractivity contribution in [2.75, 3.05) is 19.6 Å². The average Bonchev–Trinajstić information content (AvgIpc) is 2.72. The van der Waals surface area contributed by atoms with Crippen LogP contribution in [-0.2, 0) is 21.2 Å². The Kier molecular flexibility index (Phi) is 8.20. The van der Waals surface area contributed by atoms with Gasteiger partial charge < -0.3 is 5.32 Å². The van der Waals surface area contributed by atoms with Gasteiger partial charge in [0.2, 0.25) is 15.9 Å². The number of hydrogen-bond donors (Lipinski definition) is 1. The number of rotatable bonds is 10. The first-order chi connectivity index (χ1) is 13.4. The molecule has 1 atom stereocenters. The van der Waals surface area contributed by atoms with Gasteiger partial charge >= 0.3 is 0 Å². The first-order valence-electron chi connectivity index (χ1n) is 9.79. The zero-order valence-electron chi connectivity index (χ0n) is 16.9. The number of nitrogens with zero attached hydrogens (tertiary/aromatic N) is 1. The highest BCUT2D eigenvalue weighted by Gasteiger charge is 2.21. The summed E-state index contributed by atoms with van der Waals surface area (Å²) in [6.45, 7) is 7.23. The van der Waals surface area contributed by atoms with Crippen LogP contribution in [0.25, 0.3) is 0 Å². The molecule has 28 heavy (non-hydrogen) atoms. The molecular weight excluding hydrogens is 372 g/mol. The van der Waals surface area contributed by atoms with Crippen LogP contribution in [0.15, 0.2) is 59.5 Å². The SMILES string of the molecule is CCN(CC)S(=O)(=O)c1ccc(CCC(=O)NCC(C)c2ccccc2)cc1. The lowest BCUT2D eigenvalue weighted by Gasteiger charge is -2.18. The van der Waals surface area contributed by atoms with E-state index in [1.54, 1.807) is 24.3 Å². The molecule has 0 aliphatic rings. The van der Waals surface area contributed by atoms with E-state index in [0.29, 0.717) is 37.4 Å². The van der Waals surface area contributed by atoms with Crippen molar-refractivity contribution in [3.63, 3.8) is 0 Å². The van der Waals surface area contributed by atoms with Crippen molar-refractivity contribution < 1.29 is 13.2 Å². The minimum Gasteiger partial charge on any atom is -0.355 e. The van der Waals surface area contributed by atoms with Crippen molar-refractivity contribution in [3.05, 3.63) is 65.7 Å². The molecular formula is C22H30N2O3S. The summed E-state index contributed by atoms with van der Waals surface area (Å²) in [6.07, 6.45) is 0.959. The van der Waals surface area contributed by atoms with E-state index in [-0.39, 0.29) is 11.8 Å². The van der Waals surface area contributed by atoms with Crippen LogP contribution in [-0.4, -0.2) is 38.3 Å². The van der Waals surface area contributed by atoms with Gasteiger partial charge in [-0.15, -0.1) is 0 Å². The molecule has 1 N–H and O–H groups in total. The number of sulfonamides is 1. The van der Waals surface area contributed by atoms with Crippen molar-refractivity contribution in [1.29, 1.82) is 0 Å². The minimum absolute atomic E-state index is 0.00243. The van der Waals surface area contributed by atoms with Gasteiger partial charge in [-0.05, 0) is 35.6 Å². The molecule has 0 aromatic heterocycles. The van der Waals surface area contributed by atoms with Crippen LogP contribution in [0.4, 0.5) is 0 Å². The molecule has 1 unspecified atom stereocenters. The molecule has 0 aliphatic heterocycles. The van der Waals surface area contributed by atoms with Gasteiger partial charge in [0.25, 0.3) is 0 Å². The highest BCUT2D eigenvalue weighted by molar-refractivity contribution is 7.89. The largest absolute Gasteiger partial charge is 0.355 e. The number of aryl methyl sites for hydroxylation is 1. The van der Waals surface area contributed by atoms with Gasteiger partial charge in [0, 0.05) is 26.1 Å². The highest BCUT2D eigenvalue weighted by Crippen LogP contribution is 2.17. The van der Waals surface area contributed by atoms with Crippen molar-refractivity contribution in [3.8, 4) is 0 Å². The van der Waals surface area contributed by atoms with Gasteiger partial charge in [0.15, 0.2) is 0 Å². The second-order valence-corrected chi connectivity index (χ2v) is 8.79. The Hall–Kier alpha value is -2.18. The molecule has 6 heteroatoms. The summed E-state index contributed by atoms with van der Waals surface area (Å²) in [7, 11) is -3.44. The molecule has 0 aliphatic carbocycles. The first kappa shape index (κ1) is 22.1. The number of hydrogen-bond acceptors (Lipinski definition) is 3. The Balaban J connectivity index is 1.85. The van der Waals surface area contributed by atoms with Crippen LogP contribution < -0.4 is 5.32 Å². The summed E-state index contributed by atoms with van der Waals surface area (Å²) in [5.74, 6) is 0.261. The van der Waals surface area contributed by atoms with Crippen molar-refractivity contribution >= 4 is 15.9 Å². The van der Waals surface area contributed by atoms with E-state index in [1.165, 1.54) is 9.87 Å². The number of carbonyl (C=O) groups is 1. The Morgan fingerprint density at radius 1 is 1.00 bits per heavy atom. The quantitative estimate of drug-likeness (QED) is 0.661. The molecule has 2 aromatic rings. The third-order valence-corrected chi connectivity index (χ3v) is 6.95. The molecule has 0 fully saturated rings.